The molecule has 0 aliphatic heterocycles. The van der Waals surface area contributed by atoms with Gasteiger partial charge >= 0.3 is 0 Å². The van der Waals surface area contributed by atoms with E-state index in [1.165, 1.54) is 6.33 Å². The zero-order valence-corrected chi connectivity index (χ0v) is 8.97. The maximum Gasteiger partial charge on any atom is 0.228 e. The average molecular weight is 219 g/mol. The van der Waals surface area contributed by atoms with Crippen molar-refractivity contribution in [3.8, 4) is 0 Å². The van der Waals surface area contributed by atoms with E-state index in [0.717, 1.165) is 18.1 Å². The largest absolute Gasteiger partial charge is 0.384 e. The fraction of sp³-hybridized carbons (Fsp3) is 0.300. The Kier molecular flexibility index (Phi) is 3.32. The van der Waals surface area contributed by atoms with Gasteiger partial charge < -0.3 is 15.2 Å². The molecule has 84 valence electrons. The van der Waals surface area contributed by atoms with Crippen LogP contribution in [0.15, 0.2) is 29.2 Å². The molecule has 0 aromatic carbocycles. The van der Waals surface area contributed by atoms with Crippen LogP contribution in [0.2, 0.25) is 0 Å². The molecule has 0 radical (unpaired) electrons. The second-order valence-corrected chi connectivity index (χ2v) is 3.19. The summed E-state index contributed by atoms with van der Waals surface area (Å²) in [4.78, 5) is 8.06. The van der Waals surface area contributed by atoms with E-state index in [1.807, 2.05) is 19.2 Å². The summed E-state index contributed by atoms with van der Waals surface area (Å²) in [5.41, 5.74) is 1.01. The molecule has 0 bridgehead atoms. The first-order chi connectivity index (χ1) is 7.88. The number of aromatic nitrogens is 3. The molecule has 0 fully saturated rings. The van der Waals surface area contributed by atoms with E-state index in [9.17, 15) is 0 Å². The maximum atomic E-state index is 4.89. The van der Waals surface area contributed by atoms with Crippen molar-refractivity contribution >= 4 is 11.5 Å². The van der Waals surface area contributed by atoms with Crippen LogP contribution >= 0.6 is 0 Å². The van der Waals surface area contributed by atoms with Crippen molar-refractivity contribution in [3.05, 3.63) is 30.5 Å². The lowest BCUT2D eigenvalue weighted by molar-refractivity contribution is 0.380. The summed E-state index contributed by atoms with van der Waals surface area (Å²) in [6.07, 6.45) is 3.86. The molecular weight excluding hydrogens is 206 g/mol. The summed E-state index contributed by atoms with van der Waals surface area (Å²) in [6, 6.07) is 3.85. The molecule has 2 heterocycles. The molecule has 2 N–H and O–H groups in total. The van der Waals surface area contributed by atoms with Crippen molar-refractivity contribution in [2.45, 2.75) is 6.42 Å². The summed E-state index contributed by atoms with van der Waals surface area (Å²) >= 11 is 0. The predicted octanol–water partition coefficient (Wildman–Crippen LogP) is 1.16. The highest BCUT2D eigenvalue weighted by Gasteiger charge is 1.99. The molecule has 2 aromatic rings. The van der Waals surface area contributed by atoms with Gasteiger partial charge in [0, 0.05) is 38.0 Å². The third kappa shape index (κ3) is 2.69. The number of nitrogens with zero attached hydrogens (tertiary/aromatic N) is 3. The van der Waals surface area contributed by atoms with Crippen LogP contribution in [-0.4, -0.2) is 28.7 Å². The number of nitrogens with one attached hydrogen (secondary N) is 2. The molecule has 0 unspecified atom stereocenters. The Morgan fingerprint density at radius 1 is 1.38 bits per heavy atom. The Hall–Kier alpha value is -2.11. The molecular formula is C10H13N5O. The van der Waals surface area contributed by atoms with Gasteiger partial charge in [0.2, 0.25) is 5.89 Å². The summed E-state index contributed by atoms with van der Waals surface area (Å²) < 4.78 is 4.89. The molecule has 16 heavy (non-hydrogen) atoms. The highest BCUT2D eigenvalue weighted by Crippen LogP contribution is 2.10. The minimum absolute atomic E-state index is 0.635. The Labute approximate surface area is 93.1 Å². The third-order valence-electron chi connectivity index (χ3n) is 2.09. The van der Waals surface area contributed by atoms with E-state index in [2.05, 4.69) is 25.8 Å². The first kappa shape index (κ1) is 10.4. The van der Waals surface area contributed by atoms with Gasteiger partial charge in [0.1, 0.15) is 5.82 Å². The molecule has 0 saturated heterocycles. The zero-order chi connectivity index (χ0) is 11.2. The van der Waals surface area contributed by atoms with E-state index in [1.54, 1.807) is 6.20 Å². The van der Waals surface area contributed by atoms with Crippen molar-refractivity contribution < 1.29 is 4.52 Å². The van der Waals surface area contributed by atoms with Crippen LogP contribution in [0.25, 0.3) is 0 Å². The molecule has 2 aromatic heterocycles. The van der Waals surface area contributed by atoms with Crippen LogP contribution in [0.5, 0.6) is 0 Å². The second-order valence-electron chi connectivity index (χ2n) is 3.19. The normalized spacial score (nSPS) is 10.1. The summed E-state index contributed by atoms with van der Waals surface area (Å²) in [6.45, 7) is 0.745. The predicted molar refractivity (Wildman–Crippen MR) is 60.3 cm³/mol. The minimum atomic E-state index is 0.635. The highest BCUT2D eigenvalue weighted by molar-refractivity contribution is 5.51. The van der Waals surface area contributed by atoms with Gasteiger partial charge in [0.15, 0.2) is 6.33 Å². The first-order valence-electron chi connectivity index (χ1n) is 5.01. The summed E-state index contributed by atoms with van der Waals surface area (Å²) in [7, 11) is 1.84. The monoisotopic (exact) mass is 219 g/mol. The topological polar surface area (TPSA) is 75.9 Å². The lowest BCUT2D eigenvalue weighted by atomic mass is 10.3. The summed E-state index contributed by atoms with van der Waals surface area (Å²) in [5.74, 6) is 1.47. The Bertz CT molecular complexity index is 429. The van der Waals surface area contributed by atoms with E-state index in [-0.39, 0.29) is 0 Å². The third-order valence-corrected chi connectivity index (χ3v) is 2.09. The Morgan fingerprint density at radius 3 is 3.06 bits per heavy atom. The van der Waals surface area contributed by atoms with E-state index >= 15 is 0 Å². The SMILES string of the molecule is CNc1cc(NCCc2ncno2)ccn1. The van der Waals surface area contributed by atoms with Gasteiger partial charge in [-0.1, -0.05) is 5.16 Å². The van der Waals surface area contributed by atoms with Crippen molar-refractivity contribution in [1.29, 1.82) is 0 Å². The second kappa shape index (κ2) is 5.11. The van der Waals surface area contributed by atoms with E-state index < -0.39 is 0 Å². The van der Waals surface area contributed by atoms with E-state index in [0.29, 0.717) is 12.3 Å². The molecule has 2 rings (SSSR count). The van der Waals surface area contributed by atoms with E-state index in [4.69, 9.17) is 4.52 Å². The first-order valence-corrected chi connectivity index (χ1v) is 5.01. The van der Waals surface area contributed by atoms with Gasteiger partial charge in [-0.05, 0) is 6.07 Å². The lowest BCUT2D eigenvalue weighted by Gasteiger charge is -2.05. The van der Waals surface area contributed by atoms with Gasteiger partial charge in [-0.25, -0.2) is 4.98 Å². The molecule has 0 aliphatic rings. The van der Waals surface area contributed by atoms with Crippen molar-refractivity contribution in [1.82, 2.24) is 15.1 Å². The standard InChI is InChI=1S/C10H13N5O/c1-11-9-6-8(2-4-13-9)12-5-3-10-14-7-15-16-10/h2,4,6-7H,3,5H2,1H3,(H2,11,12,13). The Morgan fingerprint density at radius 2 is 2.31 bits per heavy atom. The molecule has 0 amide bonds. The maximum absolute atomic E-state index is 4.89. The minimum Gasteiger partial charge on any atom is -0.384 e. The van der Waals surface area contributed by atoms with Crippen LogP contribution in [0.3, 0.4) is 0 Å². The van der Waals surface area contributed by atoms with Crippen LogP contribution in [0.4, 0.5) is 11.5 Å². The van der Waals surface area contributed by atoms with Gasteiger partial charge in [-0.2, -0.15) is 4.98 Å². The van der Waals surface area contributed by atoms with Crippen molar-refractivity contribution in [2.24, 2.45) is 0 Å². The molecule has 0 aliphatic carbocycles. The average Bonchev–Trinajstić information content (AvgIpc) is 2.82. The lowest BCUT2D eigenvalue weighted by Crippen LogP contribution is -2.05. The number of rotatable bonds is 5. The molecule has 0 spiro atoms. The van der Waals surface area contributed by atoms with Crippen LogP contribution < -0.4 is 10.6 Å². The number of hydrogen-bond acceptors (Lipinski definition) is 6. The molecule has 6 nitrogen and oxygen atoms in total. The van der Waals surface area contributed by atoms with Crippen molar-refractivity contribution in [3.63, 3.8) is 0 Å². The van der Waals surface area contributed by atoms with Gasteiger partial charge in [0.25, 0.3) is 0 Å². The molecule has 0 saturated carbocycles. The Balaban J connectivity index is 1.85. The van der Waals surface area contributed by atoms with Crippen LogP contribution in [0, 0.1) is 0 Å². The fourth-order valence-corrected chi connectivity index (χ4v) is 1.30. The zero-order valence-electron chi connectivity index (χ0n) is 8.97. The number of hydrogen-bond donors (Lipinski definition) is 2. The highest BCUT2D eigenvalue weighted by atomic mass is 16.5. The van der Waals surface area contributed by atoms with Gasteiger partial charge in [-0.15, -0.1) is 0 Å². The number of pyridine rings is 1. The number of anilines is 2. The fourth-order valence-electron chi connectivity index (χ4n) is 1.30. The quantitative estimate of drug-likeness (QED) is 0.786. The molecule has 0 atom stereocenters. The summed E-state index contributed by atoms with van der Waals surface area (Å²) in [5, 5.41) is 9.77. The molecule has 6 heteroatoms. The smallest absolute Gasteiger partial charge is 0.228 e. The van der Waals surface area contributed by atoms with Crippen molar-refractivity contribution in [2.75, 3.05) is 24.2 Å². The van der Waals surface area contributed by atoms with Crippen LogP contribution in [-0.2, 0) is 6.42 Å². The van der Waals surface area contributed by atoms with Gasteiger partial charge in [0.05, 0.1) is 0 Å². The van der Waals surface area contributed by atoms with Gasteiger partial charge in [-0.3, -0.25) is 0 Å². The van der Waals surface area contributed by atoms with Crippen LogP contribution in [0.1, 0.15) is 5.89 Å².